The third kappa shape index (κ3) is 5.03. The predicted octanol–water partition coefficient (Wildman–Crippen LogP) is 4.99. The van der Waals surface area contributed by atoms with Crippen molar-refractivity contribution >= 4 is 11.6 Å². The van der Waals surface area contributed by atoms with Crippen LogP contribution in [0.1, 0.15) is 23.0 Å². The first-order valence-electron chi connectivity index (χ1n) is 10.6. The van der Waals surface area contributed by atoms with Gasteiger partial charge in [0.1, 0.15) is 29.7 Å². The van der Waals surface area contributed by atoms with Crippen molar-refractivity contribution in [3.63, 3.8) is 0 Å². The molecule has 0 saturated heterocycles. The smallest absolute Gasteiger partial charge is 0.276 e. The first-order valence-corrected chi connectivity index (χ1v) is 10.6. The SMILES string of the molecule is CCOc1cc(OCc2ccccc2)c(-c2cc(C(=O)Nc3c(F)cccc3F)nn2C)cn1. The molecule has 0 bridgehead atoms. The fourth-order valence-corrected chi connectivity index (χ4v) is 3.32. The molecular weight excluding hydrogens is 442 g/mol. The van der Waals surface area contributed by atoms with Gasteiger partial charge in [0.2, 0.25) is 5.88 Å². The first-order chi connectivity index (χ1) is 16.5. The highest BCUT2D eigenvalue weighted by Gasteiger charge is 2.20. The fourth-order valence-electron chi connectivity index (χ4n) is 3.32. The van der Waals surface area contributed by atoms with Crippen LogP contribution in [-0.4, -0.2) is 27.3 Å². The summed E-state index contributed by atoms with van der Waals surface area (Å²) in [6.45, 7) is 2.60. The van der Waals surface area contributed by atoms with Crippen LogP contribution in [-0.2, 0) is 13.7 Å². The van der Waals surface area contributed by atoms with Gasteiger partial charge in [0.25, 0.3) is 5.91 Å². The number of hydrogen-bond donors (Lipinski definition) is 1. The maximum Gasteiger partial charge on any atom is 0.276 e. The Balaban J connectivity index is 1.64. The molecule has 7 nitrogen and oxygen atoms in total. The number of carbonyl (C=O) groups is 1. The van der Waals surface area contributed by atoms with E-state index in [1.807, 2.05) is 37.3 Å². The minimum absolute atomic E-state index is 0.0250. The average Bonchev–Trinajstić information content (AvgIpc) is 3.22. The van der Waals surface area contributed by atoms with Crippen molar-refractivity contribution in [2.75, 3.05) is 11.9 Å². The van der Waals surface area contributed by atoms with Crippen LogP contribution in [0.2, 0.25) is 0 Å². The lowest BCUT2D eigenvalue weighted by Crippen LogP contribution is -2.15. The minimum Gasteiger partial charge on any atom is -0.488 e. The van der Waals surface area contributed by atoms with Crippen molar-refractivity contribution < 1.29 is 23.0 Å². The summed E-state index contributed by atoms with van der Waals surface area (Å²) in [7, 11) is 1.65. The monoisotopic (exact) mass is 464 g/mol. The summed E-state index contributed by atoms with van der Waals surface area (Å²) < 4.78 is 40.9. The number of nitrogens with zero attached hydrogens (tertiary/aromatic N) is 3. The van der Waals surface area contributed by atoms with E-state index in [4.69, 9.17) is 9.47 Å². The van der Waals surface area contributed by atoms with Crippen LogP contribution < -0.4 is 14.8 Å². The lowest BCUT2D eigenvalue weighted by Gasteiger charge is -2.13. The van der Waals surface area contributed by atoms with Crippen molar-refractivity contribution in [3.05, 3.63) is 89.8 Å². The van der Waals surface area contributed by atoms with Crippen molar-refractivity contribution in [3.8, 4) is 22.9 Å². The molecule has 0 radical (unpaired) electrons. The Kier molecular flexibility index (Phi) is 6.82. The van der Waals surface area contributed by atoms with Crippen LogP contribution in [0.25, 0.3) is 11.3 Å². The van der Waals surface area contributed by atoms with E-state index in [0.29, 0.717) is 36.1 Å². The molecule has 2 aromatic heterocycles. The number of amides is 1. The number of benzene rings is 2. The van der Waals surface area contributed by atoms with Crippen LogP contribution >= 0.6 is 0 Å². The number of aryl methyl sites for hydroxylation is 1. The van der Waals surface area contributed by atoms with Crippen molar-refractivity contribution in [1.29, 1.82) is 0 Å². The first kappa shape index (κ1) is 22.9. The zero-order valence-corrected chi connectivity index (χ0v) is 18.6. The molecule has 0 aliphatic heterocycles. The molecule has 4 aromatic rings. The number of aromatic nitrogens is 3. The van der Waals surface area contributed by atoms with Gasteiger partial charge in [-0.1, -0.05) is 36.4 Å². The highest BCUT2D eigenvalue weighted by Crippen LogP contribution is 2.33. The number of para-hydroxylation sites is 1. The Bertz CT molecular complexity index is 1290. The number of hydrogen-bond acceptors (Lipinski definition) is 5. The molecule has 34 heavy (non-hydrogen) atoms. The Morgan fingerprint density at radius 2 is 1.76 bits per heavy atom. The van der Waals surface area contributed by atoms with Crippen LogP contribution in [0.15, 0.2) is 66.9 Å². The number of rotatable bonds is 8. The van der Waals surface area contributed by atoms with Gasteiger partial charge >= 0.3 is 0 Å². The summed E-state index contributed by atoms with van der Waals surface area (Å²) in [6, 6.07) is 16.2. The number of carbonyl (C=O) groups excluding carboxylic acids is 1. The van der Waals surface area contributed by atoms with Crippen LogP contribution in [0, 0.1) is 11.6 Å². The maximum atomic E-state index is 13.9. The summed E-state index contributed by atoms with van der Waals surface area (Å²) in [5, 5.41) is 6.45. The molecule has 2 heterocycles. The van der Waals surface area contributed by atoms with E-state index in [-0.39, 0.29) is 5.69 Å². The van der Waals surface area contributed by atoms with E-state index < -0.39 is 23.2 Å². The number of pyridine rings is 1. The van der Waals surface area contributed by atoms with E-state index >= 15 is 0 Å². The van der Waals surface area contributed by atoms with Crippen molar-refractivity contribution in [1.82, 2.24) is 14.8 Å². The van der Waals surface area contributed by atoms with E-state index in [9.17, 15) is 13.6 Å². The van der Waals surface area contributed by atoms with Crippen molar-refractivity contribution in [2.24, 2.45) is 7.05 Å². The van der Waals surface area contributed by atoms with Crippen molar-refractivity contribution in [2.45, 2.75) is 13.5 Å². The summed E-state index contributed by atoms with van der Waals surface area (Å²) in [5.74, 6) is -1.63. The zero-order valence-electron chi connectivity index (χ0n) is 18.6. The number of nitrogens with one attached hydrogen (secondary N) is 1. The van der Waals surface area contributed by atoms with Gasteiger partial charge in [0.15, 0.2) is 5.69 Å². The second kappa shape index (κ2) is 10.1. The molecule has 0 aliphatic rings. The van der Waals surface area contributed by atoms with Gasteiger partial charge in [0, 0.05) is 19.3 Å². The molecule has 1 amide bonds. The van der Waals surface area contributed by atoms with E-state index in [1.54, 1.807) is 19.3 Å². The molecule has 0 spiro atoms. The lowest BCUT2D eigenvalue weighted by molar-refractivity contribution is 0.102. The van der Waals surface area contributed by atoms with E-state index in [1.165, 1.54) is 16.8 Å². The third-order valence-electron chi connectivity index (χ3n) is 4.96. The largest absolute Gasteiger partial charge is 0.488 e. The predicted molar refractivity (Wildman–Crippen MR) is 123 cm³/mol. The molecule has 9 heteroatoms. The molecule has 0 fully saturated rings. The normalized spacial score (nSPS) is 10.7. The Morgan fingerprint density at radius 3 is 2.47 bits per heavy atom. The van der Waals surface area contributed by atoms with Gasteiger partial charge < -0.3 is 14.8 Å². The van der Waals surface area contributed by atoms with Gasteiger partial charge in [0.05, 0.1) is 17.9 Å². The summed E-state index contributed by atoms with van der Waals surface area (Å²) in [4.78, 5) is 17.0. The summed E-state index contributed by atoms with van der Waals surface area (Å²) >= 11 is 0. The second-order valence-electron chi connectivity index (χ2n) is 7.32. The Hall–Kier alpha value is -4.27. The van der Waals surface area contributed by atoms with Gasteiger partial charge in [-0.25, -0.2) is 13.8 Å². The maximum absolute atomic E-state index is 13.9. The number of halogens is 2. The standard InChI is InChI=1S/C25H22F2N4O3/c1-3-33-23-13-22(34-15-16-8-5-4-6-9-16)17(14-28-23)21-12-20(30-31(21)2)25(32)29-24-18(26)10-7-11-19(24)27/h4-14H,3,15H2,1-2H3,(H,29,32). The second-order valence-corrected chi connectivity index (χ2v) is 7.32. The summed E-state index contributed by atoms with van der Waals surface area (Å²) in [6.07, 6.45) is 1.57. The molecule has 0 atom stereocenters. The van der Waals surface area contributed by atoms with Gasteiger partial charge in [-0.2, -0.15) is 5.10 Å². The molecule has 0 saturated carbocycles. The Labute approximate surface area is 195 Å². The molecule has 4 rings (SSSR count). The van der Waals surface area contributed by atoms with Gasteiger partial charge in [-0.3, -0.25) is 9.48 Å². The number of anilines is 1. The minimum atomic E-state index is -0.878. The highest BCUT2D eigenvalue weighted by molar-refractivity contribution is 6.03. The molecular formula is C25H22F2N4O3. The molecule has 2 aromatic carbocycles. The van der Waals surface area contributed by atoms with Crippen LogP contribution in [0.4, 0.5) is 14.5 Å². The average molecular weight is 464 g/mol. The molecule has 0 aliphatic carbocycles. The van der Waals surface area contributed by atoms with Gasteiger partial charge in [-0.05, 0) is 30.7 Å². The topological polar surface area (TPSA) is 78.3 Å². The van der Waals surface area contributed by atoms with Crippen LogP contribution in [0.5, 0.6) is 11.6 Å². The molecule has 174 valence electrons. The third-order valence-corrected chi connectivity index (χ3v) is 4.96. The van der Waals surface area contributed by atoms with E-state index in [0.717, 1.165) is 17.7 Å². The van der Waals surface area contributed by atoms with Gasteiger partial charge in [-0.15, -0.1) is 0 Å². The van der Waals surface area contributed by atoms with E-state index in [2.05, 4.69) is 15.4 Å². The summed E-state index contributed by atoms with van der Waals surface area (Å²) in [5.41, 5.74) is 1.51. The molecule has 0 unspecified atom stereocenters. The lowest BCUT2D eigenvalue weighted by atomic mass is 10.1. The molecule has 1 N–H and O–H groups in total. The quantitative estimate of drug-likeness (QED) is 0.398. The fraction of sp³-hybridized carbons (Fsp3) is 0.160. The number of ether oxygens (including phenoxy) is 2. The Morgan fingerprint density at radius 1 is 1.03 bits per heavy atom. The highest BCUT2D eigenvalue weighted by atomic mass is 19.1. The zero-order chi connectivity index (χ0) is 24.1. The van der Waals surface area contributed by atoms with Crippen LogP contribution in [0.3, 0.4) is 0 Å².